The second-order valence-electron chi connectivity index (χ2n) is 3.87. The van der Waals surface area contributed by atoms with E-state index in [2.05, 4.69) is 52.8 Å². The third-order valence-electron chi connectivity index (χ3n) is 2.42. The summed E-state index contributed by atoms with van der Waals surface area (Å²) < 4.78 is 7.49. The van der Waals surface area contributed by atoms with Crippen molar-refractivity contribution in [2.75, 3.05) is 0 Å². The Hall–Kier alpha value is -0.990. The summed E-state index contributed by atoms with van der Waals surface area (Å²) in [6, 6.07) is 4.53. The molecular weight excluding hydrogens is 460 g/mol. The van der Waals surface area contributed by atoms with Gasteiger partial charge in [-0.25, -0.2) is 4.98 Å². The number of hydrogen-bond donors (Lipinski definition) is 0. The number of nitro groups is 1. The van der Waals surface area contributed by atoms with Crippen molar-refractivity contribution in [1.29, 1.82) is 0 Å². The number of nitrogens with zero attached hydrogens (tertiary/aromatic N) is 2. The number of ether oxygens (including phenoxy) is 1. The Labute approximate surface area is 139 Å². The zero-order valence-electron chi connectivity index (χ0n) is 10.1. The monoisotopic (exact) mass is 464 g/mol. The average Bonchev–Trinajstić information content (AvgIpc) is 2.37. The van der Waals surface area contributed by atoms with Crippen LogP contribution in [0.2, 0.25) is 0 Å². The lowest BCUT2D eigenvalue weighted by molar-refractivity contribution is -0.385. The first-order chi connectivity index (χ1) is 9.38. The van der Waals surface area contributed by atoms with E-state index in [1.54, 1.807) is 12.3 Å². The Bertz CT molecular complexity index is 669. The van der Waals surface area contributed by atoms with Crippen molar-refractivity contribution in [3.8, 4) is 11.6 Å². The lowest BCUT2D eigenvalue weighted by atomic mass is 10.3. The highest BCUT2D eigenvalue weighted by molar-refractivity contribution is 9.11. The summed E-state index contributed by atoms with van der Waals surface area (Å²) in [5.74, 6) is 0.839. The van der Waals surface area contributed by atoms with E-state index < -0.39 is 4.92 Å². The second kappa shape index (κ2) is 6.19. The van der Waals surface area contributed by atoms with Crippen molar-refractivity contribution in [2.24, 2.45) is 0 Å². The zero-order valence-corrected chi connectivity index (χ0v) is 14.8. The smallest absolute Gasteiger partial charge is 0.271 e. The first-order valence-corrected chi connectivity index (χ1v) is 7.70. The van der Waals surface area contributed by atoms with E-state index in [4.69, 9.17) is 4.74 Å². The van der Waals surface area contributed by atoms with Gasteiger partial charge in [-0.15, -0.1) is 0 Å². The van der Waals surface area contributed by atoms with Crippen LogP contribution in [-0.4, -0.2) is 9.91 Å². The van der Waals surface area contributed by atoms with Crippen molar-refractivity contribution in [2.45, 2.75) is 6.92 Å². The van der Waals surface area contributed by atoms with Crippen molar-refractivity contribution >= 4 is 53.5 Å². The number of benzene rings is 1. The lowest BCUT2D eigenvalue weighted by Crippen LogP contribution is -1.94. The maximum Gasteiger partial charge on any atom is 0.271 e. The summed E-state index contributed by atoms with van der Waals surface area (Å²) in [7, 11) is 0. The third-order valence-corrected chi connectivity index (χ3v) is 4.43. The highest BCUT2D eigenvalue weighted by Crippen LogP contribution is 2.39. The predicted molar refractivity (Wildman–Crippen MR) is 85.2 cm³/mol. The largest absolute Gasteiger partial charge is 0.437 e. The maximum absolute atomic E-state index is 10.8. The Kier molecular flexibility index (Phi) is 4.77. The number of aryl methyl sites for hydroxylation is 1. The van der Waals surface area contributed by atoms with Crippen LogP contribution < -0.4 is 4.74 Å². The lowest BCUT2D eigenvalue weighted by Gasteiger charge is -2.10. The number of halogens is 3. The van der Waals surface area contributed by atoms with Gasteiger partial charge in [-0.2, -0.15) is 0 Å². The summed E-state index contributed by atoms with van der Waals surface area (Å²) in [6.45, 7) is 1.92. The number of non-ortho nitro benzene ring substituents is 1. The van der Waals surface area contributed by atoms with Gasteiger partial charge in [0, 0.05) is 28.9 Å². The van der Waals surface area contributed by atoms with Crippen LogP contribution in [0.3, 0.4) is 0 Å². The molecular formula is C12H7Br3N2O3. The minimum atomic E-state index is -0.471. The molecule has 0 saturated carbocycles. The van der Waals surface area contributed by atoms with Gasteiger partial charge in [0.25, 0.3) is 5.69 Å². The number of aromatic nitrogens is 1. The molecule has 1 aromatic heterocycles. The van der Waals surface area contributed by atoms with Crippen molar-refractivity contribution < 1.29 is 9.66 Å². The first kappa shape index (κ1) is 15.4. The summed E-state index contributed by atoms with van der Waals surface area (Å²) >= 11 is 9.88. The SMILES string of the molecule is Cc1cc(Oc2c(Br)cc([N+](=O)[O-])cc2Br)ncc1Br. The summed E-state index contributed by atoms with van der Waals surface area (Å²) in [4.78, 5) is 14.4. The molecule has 2 rings (SSSR count). The molecule has 0 saturated heterocycles. The van der Waals surface area contributed by atoms with E-state index in [0.29, 0.717) is 20.6 Å². The van der Waals surface area contributed by atoms with Crippen LogP contribution >= 0.6 is 47.8 Å². The molecule has 0 amide bonds. The van der Waals surface area contributed by atoms with Gasteiger partial charge in [0.15, 0.2) is 5.75 Å². The molecule has 1 heterocycles. The zero-order chi connectivity index (χ0) is 14.9. The molecule has 2 aromatic rings. The van der Waals surface area contributed by atoms with Gasteiger partial charge in [0.2, 0.25) is 5.88 Å². The van der Waals surface area contributed by atoms with Gasteiger partial charge in [-0.3, -0.25) is 10.1 Å². The molecule has 8 heteroatoms. The number of rotatable bonds is 3. The topological polar surface area (TPSA) is 65.3 Å². The quantitative estimate of drug-likeness (QED) is 0.450. The molecule has 5 nitrogen and oxygen atoms in total. The fourth-order valence-electron chi connectivity index (χ4n) is 1.42. The van der Waals surface area contributed by atoms with Crippen LogP contribution in [0.5, 0.6) is 11.6 Å². The van der Waals surface area contributed by atoms with E-state index in [9.17, 15) is 10.1 Å². The Morgan fingerprint density at radius 1 is 1.15 bits per heavy atom. The fourth-order valence-corrected chi connectivity index (χ4v) is 2.96. The summed E-state index contributed by atoms with van der Waals surface area (Å²) in [5.41, 5.74) is 0.945. The van der Waals surface area contributed by atoms with Crippen LogP contribution in [0.25, 0.3) is 0 Å². The van der Waals surface area contributed by atoms with E-state index in [1.807, 2.05) is 6.92 Å². The van der Waals surface area contributed by atoms with E-state index >= 15 is 0 Å². The highest BCUT2D eigenvalue weighted by atomic mass is 79.9. The van der Waals surface area contributed by atoms with Gasteiger partial charge >= 0.3 is 0 Å². The number of pyridine rings is 1. The minimum Gasteiger partial charge on any atom is -0.437 e. The fraction of sp³-hybridized carbons (Fsp3) is 0.0833. The molecule has 0 fully saturated rings. The third kappa shape index (κ3) is 3.36. The van der Waals surface area contributed by atoms with E-state index in [1.165, 1.54) is 12.1 Å². The molecule has 0 aliphatic rings. The number of hydrogen-bond acceptors (Lipinski definition) is 4. The van der Waals surface area contributed by atoms with Gasteiger partial charge in [0.05, 0.1) is 13.9 Å². The van der Waals surface area contributed by atoms with Crippen LogP contribution in [0, 0.1) is 17.0 Å². The molecule has 0 aliphatic heterocycles. The molecule has 104 valence electrons. The van der Waals surface area contributed by atoms with Crippen LogP contribution in [0.1, 0.15) is 5.56 Å². The molecule has 0 bridgehead atoms. The van der Waals surface area contributed by atoms with Crippen LogP contribution in [-0.2, 0) is 0 Å². The normalized spacial score (nSPS) is 10.4. The van der Waals surface area contributed by atoms with E-state index in [0.717, 1.165) is 10.0 Å². The molecule has 0 unspecified atom stereocenters. The summed E-state index contributed by atoms with van der Waals surface area (Å²) in [5, 5.41) is 10.8. The molecule has 0 atom stereocenters. The highest BCUT2D eigenvalue weighted by Gasteiger charge is 2.16. The molecule has 1 aromatic carbocycles. The van der Waals surface area contributed by atoms with Crippen molar-refractivity contribution in [3.05, 3.63) is 53.5 Å². The Balaban J connectivity index is 2.38. The standard InChI is InChI=1S/C12H7Br3N2O3/c1-6-2-11(16-5-10(6)15)20-12-8(13)3-7(17(18)19)4-9(12)14/h2-5H,1H3. The Morgan fingerprint density at radius 3 is 2.25 bits per heavy atom. The van der Waals surface area contributed by atoms with Crippen molar-refractivity contribution in [1.82, 2.24) is 4.98 Å². The molecule has 0 N–H and O–H groups in total. The maximum atomic E-state index is 10.8. The van der Waals surface area contributed by atoms with Gasteiger partial charge in [0.1, 0.15) is 0 Å². The first-order valence-electron chi connectivity index (χ1n) is 5.32. The molecule has 0 radical (unpaired) electrons. The van der Waals surface area contributed by atoms with E-state index in [-0.39, 0.29) is 5.69 Å². The predicted octanol–water partition coefficient (Wildman–Crippen LogP) is 5.38. The van der Waals surface area contributed by atoms with Gasteiger partial charge in [-0.1, -0.05) is 0 Å². The average molecular weight is 467 g/mol. The van der Waals surface area contributed by atoms with Gasteiger partial charge < -0.3 is 4.74 Å². The van der Waals surface area contributed by atoms with Crippen molar-refractivity contribution in [3.63, 3.8) is 0 Å². The number of nitro benzene ring substituents is 1. The second-order valence-corrected chi connectivity index (χ2v) is 6.43. The summed E-state index contributed by atoms with van der Waals surface area (Å²) in [6.07, 6.45) is 1.64. The molecule has 20 heavy (non-hydrogen) atoms. The molecule has 0 spiro atoms. The van der Waals surface area contributed by atoms with Crippen LogP contribution in [0.4, 0.5) is 5.69 Å². The Morgan fingerprint density at radius 2 is 1.75 bits per heavy atom. The van der Waals surface area contributed by atoms with Gasteiger partial charge in [-0.05, 0) is 60.3 Å². The minimum absolute atomic E-state index is 0.0314. The van der Waals surface area contributed by atoms with Crippen LogP contribution in [0.15, 0.2) is 37.8 Å². The molecule has 0 aliphatic carbocycles.